The number of carboxylic acids is 1. The van der Waals surface area contributed by atoms with Gasteiger partial charge in [-0.25, -0.2) is 9.78 Å². The van der Waals surface area contributed by atoms with Gasteiger partial charge in [0.2, 0.25) is 0 Å². The summed E-state index contributed by atoms with van der Waals surface area (Å²) in [6.07, 6.45) is -0.795. The van der Waals surface area contributed by atoms with Crippen molar-refractivity contribution >= 4 is 23.5 Å². The molecule has 0 unspecified atom stereocenters. The number of pyridine rings is 1. The molecule has 1 aliphatic rings. The molecule has 2 heterocycles. The summed E-state index contributed by atoms with van der Waals surface area (Å²) in [7, 11) is 0. The lowest BCUT2D eigenvalue weighted by atomic mass is 10.2. The van der Waals surface area contributed by atoms with E-state index in [4.69, 9.17) is 16.7 Å². The van der Waals surface area contributed by atoms with E-state index in [1.165, 1.54) is 12.1 Å². The van der Waals surface area contributed by atoms with E-state index in [9.17, 15) is 14.7 Å². The minimum atomic E-state index is -1.14. The first-order valence-electron chi connectivity index (χ1n) is 5.33. The van der Waals surface area contributed by atoms with Crippen LogP contribution in [0, 0.1) is 0 Å². The Kier molecular flexibility index (Phi) is 3.49. The molecule has 2 atom stereocenters. The minimum Gasteiger partial charge on any atom is -0.480 e. The van der Waals surface area contributed by atoms with Gasteiger partial charge in [-0.1, -0.05) is 17.7 Å². The molecule has 1 fully saturated rings. The van der Waals surface area contributed by atoms with Gasteiger partial charge in [0.25, 0.3) is 5.91 Å². The molecular formula is C11H11ClN2O4. The van der Waals surface area contributed by atoms with E-state index >= 15 is 0 Å². The standard InChI is InChI=1S/C11H11ClN2O4/c12-9-3-1-2-7(13-9)10(16)14-5-6(15)4-8(14)11(17)18/h1-3,6,8,15H,4-5H2,(H,17,18)/t6-,8+/m1/s1. The van der Waals surface area contributed by atoms with Gasteiger partial charge in [0.05, 0.1) is 6.10 Å². The van der Waals surface area contributed by atoms with E-state index in [1.807, 2.05) is 0 Å². The molecule has 1 saturated heterocycles. The third kappa shape index (κ3) is 2.44. The van der Waals surface area contributed by atoms with Crippen LogP contribution in [0.3, 0.4) is 0 Å². The van der Waals surface area contributed by atoms with Crippen molar-refractivity contribution in [3.8, 4) is 0 Å². The number of likely N-dealkylation sites (tertiary alicyclic amines) is 1. The Hall–Kier alpha value is -1.66. The van der Waals surface area contributed by atoms with Crippen molar-refractivity contribution in [2.75, 3.05) is 6.54 Å². The van der Waals surface area contributed by atoms with Crippen molar-refractivity contribution in [2.45, 2.75) is 18.6 Å². The number of aromatic nitrogens is 1. The van der Waals surface area contributed by atoms with Crippen molar-refractivity contribution in [1.82, 2.24) is 9.88 Å². The largest absolute Gasteiger partial charge is 0.480 e. The summed E-state index contributed by atoms with van der Waals surface area (Å²) >= 11 is 5.68. The summed E-state index contributed by atoms with van der Waals surface area (Å²) < 4.78 is 0. The number of aliphatic hydroxyl groups excluding tert-OH is 1. The van der Waals surface area contributed by atoms with Crippen LogP contribution >= 0.6 is 11.6 Å². The highest BCUT2D eigenvalue weighted by atomic mass is 35.5. The molecule has 1 amide bonds. The molecular weight excluding hydrogens is 260 g/mol. The Morgan fingerprint density at radius 2 is 2.17 bits per heavy atom. The quantitative estimate of drug-likeness (QED) is 0.759. The second-order valence-electron chi connectivity index (χ2n) is 4.05. The van der Waals surface area contributed by atoms with E-state index in [2.05, 4.69) is 4.98 Å². The average Bonchev–Trinajstić information content (AvgIpc) is 2.70. The zero-order valence-corrected chi connectivity index (χ0v) is 10.0. The molecule has 0 aromatic carbocycles. The highest BCUT2D eigenvalue weighted by molar-refractivity contribution is 6.29. The Morgan fingerprint density at radius 1 is 1.44 bits per heavy atom. The van der Waals surface area contributed by atoms with Crippen LogP contribution in [-0.2, 0) is 4.79 Å². The van der Waals surface area contributed by atoms with Crippen molar-refractivity contribution in [1.29, 1.82) is 0 Å². The van der Waals surface area contributed by atoms with Gasteiger partial charge in [-0.2, -0.15) is 0 Å². The zero-order valence-electron chi connectivity index (χ0n) is 9.28. The minimum absolute atomic E-state index is 0.00993. The number of carbonyl (C=O) groups excluding carboxylic acids is 1. The van der Waals surface area contributed by atoms with Gasteiger partial charge in [0.1, 0.15) is 16.9 Å². The summed E-state index contributed by atoms with van der Waals surface area (Å²) in [6.45, 7) is -0.00993. The number of hydrogen-bond acceptors (Lipinski definition) is 4. The Bertz CT molecular complexity index is 494. The van der Waals surface area contributed by atoms with Gasteiger partial charge in [0.15, 0.2) is 0 Å². The smallest absolute Gasteiger partial charge is 0.326 e. The number of amides is 1. The van der Waals surface area contributed by atoms with Crippen LogP contribution in [0.2, 0.25) is 5.15 Å². The van der Waals surface area contributed by atoms with Gasteiger partial charge in [-0.3, -0.25) is 4.79 Å². The van der Waals surface area contributed by atoms with E-state index in [0.717, 1.165) is 4.90 Å². The van der Waals surface area contributed by atoms with Crippen LogP contribution in [0.5, 0.6) is 0 Å². The molecule has 0 radical (unpaired) electrons. The Balaban J connectivity index is 2.25. The Morgan fingerprint density at radius 3 is 2.78 bits per heavy atom. The molecule has 2 N–H and O–H groups in total. The average molecular weight is 271 g/mol. The van der Waals surface area contributed by atoms with Crippen LogP contribution in [0.4, 0.5) is 0 Å². The van der Waals surface area contributed by atoms with Gasteiger partial charge in [0, 0.05) is 13.0 Å². The van der Waals surface area contributed by atoms with Crippen LogP contribution in [0.1, 0.15) is 16.9 Å². The highest BCUT2D eigenvalue weighted by Crippen LogP contribution is 2.20. The zero-order chi connectivity index (χ0) is 13.3. The summed E-state index contributed by atoms with van der Waals surface area (Å²) in [5.74, 6) is -1.68. The molecule has 6 nitrogen and oxygen atoms in total. The van der Waals surface area contributed by atoms with Crippen LogP contribution in [-0.4, -0.2) is 50.7 Å². The summed E-state index contributed by atoms with van der Waals surface area (Å²) in [5, 5.41) is 18.6. The number of aliphatic carboxylic acids is 1. The first kappa shape index (κ1) is 12.8. The molecule has 18 heavy (non-hydrogen) atoms. The second kappa shape index (κ2) is 4.91. The lowest BCUT2D eigenvalue weighted by Crippen LogP contribution is -2.40. The number of β-amino-alcohol motifs (C(OH)–C–C–N with tert-alkyl or cyclic N) is 1. The molecule has 0 bridgehead atoms. The first-order chi connectivity index (χ1) is 8.49. The maximum absolute atomic E-state index is 12.1. The number of rotatable bonds is 2. The van der Waals surface area contributed by atoms with Crippen molar-refractivity contribution in [2.24, 2.45) is 0 Å². The lowest BCUT2D eigenvalue weighted by Gasteiger charge is -2.20. The fraction of sp³-hybridized carbons (Fsp3) is 0.364. The fourth-order valence-electron chi connectivity index (χ4n) is 1.95. The third-order valence-electron chi connectivity index (χ3n) is 2.76. The van der Waals surface area contributed by atoms with Crippen molar-refractivity contribution < 1.29 is 19.8 Å². The molecule has 0 aliphatic carbocycles. The molecule has 96 valence electrons. The number of aliphatic hydroxyl groups is 1. The maximum atomic E-state index is 12.1. The van der Waals surface area contributed by atoms with Gasteiger partial charge >= 0.3 is 5.97 Å². The normalized spacial score (nSPS) is 23.1. The fourth-order valence-corrected chi connectivity index (χ4v) is 2.11. The highest BCUT2D eigenvalue weighted by Gasteiger charge is 2.39. The van der Waals surface area contributed by atoms with Crippen LogP contribution in [0.15, 0.2) is 18.2 Å². The maximum Gasteiger partial charge on any atom is 0.326 e. The van der Waals surface area contributed by atoms with E-state index in [1.54, 1.807) is 6.07 Å². The topological polar surface area (TPSA) is 90.7 Å². The molecule has 1 aliphatic heterocycles. The molecule has 1 aromatic rings. The summed E-state index contributed by atoms with van der Waals surface area (Å²) in [6, 6.07) is 3.52. The molecule has 1 aromatic heterocycles. The second-order valence-corrected chi connectivity index (χ2v) is 4.43. The number of nitrogens with zero attached hydrogens (tertiary/aromatic N) is 2. The van der Waals surface area contributed by atoms with Gasteiger partial charge in [-0.15, -0.1) is 0 Å². The summed E-state index contributed by atoms with van der Waals surface area (Å²) in [4.78, 5) is 28.0. The molecule has 0 saturated carbocycles. The summed E-state index contributed by atoms with van der Waals surface area (Å²) in [5.41, 5.74) is 0.0721. The van der Waals surface area contributed by atoms with E-state index in [0.29, 0.717) is 0 Å². The first-order valence-corrected chi connectivity index (χ1v) is 5.71. The Labute approximate surface area is 108 Å². The predicted molar refractivity (Wildman–Crippen MR) is 62.3 cm³/mol. The molecule has 2 rings (SSSR count). The number of carbonyl (C=O) groups is 2. The van der Waals surface area contributed by atoms with E-state index in [-0.39, 0.29) is 23.8 Å². The van der Waals surface area contributed by atoms with Gasteiger partial charge < -0.3 is 15.1 Å². The van der Waals surface area contributed by atoms with Crippen LogP contribution < -0.4 is 0 Å². The van der Waals surface area contributed by atoms with Crippen molar-refractivity contribution in [3.05, 3.63) is 29.0 Å². The van der Waals surface area contributed by atoms with Crippen LogP contribution in [0.25, 0.3) is 0 Å². The third-order valence-corrected chi connectivity index (χ3v) is 2.97. The number of carboxylic acid groups (broad SMARTS) is 1. The van der Waals surface area contributed by atoms with Crippen molar-refractivity contribution in [3.63, 3.8) is 0 Å². The molecule has 7 heteroatoms. The van der Waals surface area contributed by atoms with E-state index < -0.39 is 24.0 Å². The number of hydrogen-bond donors (Lipinski definition) is 2. The number of halogens is 1. The predicted octanol–water partition coefficient (Wildman–Crippen LogP) is 0.395. The molecule has 0 spiro atoms. The SMILES string of the molecule is O=C(O)[C@@H]1C[C@@H](O)CN1C(=O)c1cccc(Cl)n1. The monoisotopic (exact) mass is 270 g/mol. The lowest BCUT2D eigenvalue weighted by molar-refractivity contribution is -0.141. The van der Waals surface area contributed by atoms with Gasteiger partial charge in [-0.05, 0) is 12.1 Å².